The third kappa shape index (κ3) is 4.08. The van der Waals surface area contributed by atoms with E-state index in [1.54, 1.807) is 0 Å². The number of nitrogens with zero attached hydrogens (tertiary/aromatic N) is 2. The Balaban J connectivity index is 2.11. The summed E-state index contributed by atoms with van der Waals surface area (Å²) in [4.78, 5) is 4.19. The van der Waals surface area contributed by atoms with Crippen molar-refractivity contribution in [2.75, 3.05) is 65.0 Å². The summed E-state index contributed by atoms with van der Waals surface area (Å²) >= 11 is 0. The van der Waals surface area contributed by atoms with Crippen LogP contribution in [0.5, 0.6) is 11.5 Å². The molecule has 0 radical (unpaired) electrons. The smallest absolute Gasteiger partial charge is 0.135 e. The molecule has 0 bridgehead atoms. The molecule has 3 aromatic rings. The van der Waals surface area contributed by atoms with E-state index in [0.29, 0.717) is 21.5 Å². The highest BCUT2D eigenvalue weighted by Gasteiger charge is 2.18. The Hall–Kier alpha value is -2.70. The van der Waals surface area contributed by atoms with Gasteiger partial charge in [-0.1, -0.05) is 24.3 Å². The molecule has 0 saturated heterocycles. The molecule has 6 nitrogen and oxygen atoms in total. The van der Waals surface area contributed by atoms with Crippen LogP contribution in [-0.4, -0.2) is 74.4 Å². The lowest BCUT2D eigenvalue weighted by Crippen LogP contribution is -2.21. The Morgan fingerprint density at radius 1 is 0.679 bits per heavy atom. The average Bonchev–Trinajstić information content (AvgIpc) is 2.65. The van der Waals surface area contributed by atoms with Crippen LogP contribution in [0.15, 0.2) is 36.4 Å². The fourth-order valence-electron chi connectivity index (χ4n) is 3.40. The Labute approximate surface area is 166 Å². The summed E-state index contributed by atoms with van der Waals surface area (Å²) in [6.07, 6.45) is 0. The van der Waals surface area contributed by atoms with Gasteiger partial charge in [0, 0.05) is 48.3 Å². The lowest BCUT2D eigenvalue weighted by atomic mass is 9.98. The molecule has 0 aliphatic carbocycles. The largest absolute Gasteiger partial charge is 0.507 e. The third-order valence-corrected chi connectivity index (χ3v) is 4.86. The van der Waals surface area contributed by atoms with Gasteiger partial charge in [0.2, 0.25) is 0 Å². The SMILES string of the molecule is CN(C)CCNc1cccc2c(O)c3cccc(NCCN(C)C)c3c(O)c12. The van der Waals surface area contributed by atoms with E-state index in [2.05, 4.69) is 20.4 Å². The van der Waals surface area contributed by atoms with Gasteiger partial charge in [-0.3, -0.25) is 0 Å². The zero-order valence-electron chi connectivity index (χ0n) is 17.1. The van der Waals surface area contributed by atoms with E-state index in [4.69, 9.17) is 0 Å². The Kier molecular flexibility index (Phi) is 6.11. The molecule has 150 valence electrons. The molecule has 0 spiro atoms. The van der Waals surface area contributed by atoms with E-state index in [-0.39, 0.29) is 11.5 Å². The molecule has 28 heavy (non-hydrogen) atoms. The number of rotatable bonds is 8. The maximum atomic E-state index is 11.2. The monoisotopic (exact) mass is 382 g/mol. The predicted octanol–water partition coefficient (Wildman–Crippen LogP) is 3.35. The van der Waals surface area contributed by atoms with Crippen molar-refractivity contribution >= 4 is 32.9 Å². The zero-order chi connectivity index (χ0) is 20.3. The number of phenolic OH excluding ortho intramolecular Hbond substituents is 2. The number of hydrogen-bond donors (Lipinski definition) is 4. The van der Waals surface area contributed by atoms with Crippen LogP contribution < -0.4 is 10.6 Å². The van der Waals surface area contributed by atoms with Crippen molar-refractivity contribution in [1.82, 2.24) is 9.80 Å². The molecule has 0 fully saturated rings. The standard InChI is InChI=1S/C22H30N4O2/c1-25(2)13-11-23-17-9-5-7-15-19(17)22(28)20-16(21(15)27)8-6-10-18(20)24-12-14-26(3)4/h5-10,23-24,27-28H,11-14H2,1-4H3. The number of fused-ring (bicyclic) bond motifs is 2. The van der Waals surface area contributed by atoms with Crippen molar-refractivity contribution in [3.8, 4) is 11.5 Å². The van der Waals surface area contributed by atoms with E-state index in [9.17, 15) is 10.2 Å². The molecule has 0 atom stereocenters. The second kappa shape index (κ2) is 8.54. The van der Waals surface area contributed by atoms with Crippen LogP contribution in [0.25, 0.3) is 21.5 Å². The Morgan fingerprint density at radius 3 is 1.50 bits per heavy atom. The number of nitrogens with one attached hydrogen (secondary N) is 2. The van der Waals surface area contributed by atoms with Crippen LogP contribution in [0.3, 0.4) is 0 Å². The number of benzene rings is 3. The van der Waals surface area contributed by atoms with Crippen LogP contribution in [0.1, 0.15) is 0 Å². The minimum atomic E-state index is 0.184. The number of likely N-dealkylation sites (N-methyl/N-ethyl adjacent to an activating group) is 2. The molecule has 0 saturated carbocycles. The fraction of sp³-hybridized carbons (Fsp3) is 0.364. The summed E-state index contributed by atoms with van der Waals surface area (Å²) in [6, 6.07) is 11.3. The minimum Gasteiger partial charge on any atom is -0.507 e. The Bertz CT molecular complexity index is 895. The number of phenols is 2. The van der Waals surface area contributed by atoms with Gasteiger partial charge in [0.1, 0.15) is 11.5 Å². The van der Waals surface area contributed by atoms with Crippen molar-refractivity contribution in [3.05, 3.63) is 36.4 Å². The molecule has 0 heterocycles. The van der Waals surface area contributed by atoms with Gasteiger partial charge >= 0.3 is 0 Å². The van der Waals surface area contributed by atoms with Crippen LogP contribution in [0, 0.1) is 0 Å². The molecule has 0 aliphatic heterocycles. The van der Waals surface area contributed by atoms with Gasteiger partial charge in [-0.25, -0.2) is 0 Å². The highest BCUT2D eigenvalue weighted by molar-refractivity contribution is 6.17. The molecule has 0 unspecified atom stereocenters. The molecule has 0 aliphatic rings. The second-order valence-electron chi connectivity index (χ2n) is 7.61. The predicted molar refractivity (Wildman–Crippen MR) is 119 cm³/mol. The summed E-state index contributed by atoms with van der Waals surface area (Å²) < 4.78 is 0. The van der Waals surface area contributed by atoms with Crippen LogP contribution in [0.2, 0.25) is 0 Å². The highest BCUT2D eigenvalue weighted by Crippen LogP contribution is 2.46. The lowest BCUT2D eigenvalue weighted by Gasteiger charge is -2.18. The summed E-state index contributed by atoms with van der Waals surface area (Å²) in [5, 5.41) is 31.5. The zero-order valence-corrected chi connectivity index (χ0v) is 17.1. The third-order valence-electron chi connectivity index (χ3n) is 4.86. The van der Waals surface area contributed by atoms with Gasteiger partial charge in [0.15, 0.2) is 0 Å². The van der Waals surface area contributed by atoms with Gasteiger partial charge in [-0.2, -0.15) is 0 Å². The first kappa shape index (κ1) is 20.0. The summed E-state index contributed by atoms with van der Waals surface area (Å²) in [5.41, 5.74) is 1.63. The molecular weight excluding hydrogens is 352 g/mol. The minimum absolute atomic E-state index is 0.184. The van der Waals surface area contributed by atoms with Crippen molar-refractivity contribution in [1.29, 1.82) is 0 Å². The molecule has 3 aromatic carbocycles. The first-order valence-electron chi connectivity index (χ1n) is 9.56. The van der Waals surface area contributed by atoms with E-state index in [0.717, 1.165) is 37.6 Å². The highest BCUT2D eigenvalue weighted by atomic mass is 16.3. The maximum absolute atomic E-state index is 11.2. The summed E-state index contributed by atoms with van der Waals surface area (Å²) in [5.74, 6) is 0.374. The molecule has 6 heteroatoms. The quantitative estimate of drug-likeness (QED) is 0.354. The molecule has 4 N–H and O–H groups in total. The van der Waals surface area contributed by atoms with Gasteiger partial charge in [-0.05, 0) is 40.3 Å². The Morgan fingerprint density at radius 2 is 1.11 bits per heavy atom. The summed E-state index contributed by atoms with van der Waals surface area (Å²) in [7, 11) is 8.08. The van der Waals surface area contributed by atoms with Crippen molar-refractivity contribution in [2.45, 2.75) is 0 Å². The van der Waals surface area contributed by atoms with E-state index in [1.807, 2.05) is 64.6 Å². The van der Waals surface area contributed by atoms with Crippen molar-refractivity contribution in [3.63, 3.8) is 0 Å². The normalized spacial score (nSPS) is 11.6. The summed E-state index contributed by atoms with van der Waals surface area (Å²) in [6.45, 7) is 3.22. The average molecular weight is 383 g/mol. The topological polar surface area (TPSA) is 71.0 Å². The van der Waals surface area contributed by atoms with Gasteiger partial charge in [0.05, 0.1) is 10.8 Å². The van der Waals surface area contributed by atoms with E-state index >= 15 is 0 Å². The number of hydrogen-bond acceptors (Lipinski definition) is 6. The van der Waals surface area contributed by atoms with E-state index < -0.39 is 0 Å². The molecule has 3 rings (SSSR count). The molecule has 0 amide bonds. The second-order valence-corrected chi connectivity index (χ2v) is 7.61. The van der Waals surface area contributed by atoms with Crippen LogP contribution in [-0.2, 0) is 0 Å². The first-order chi connectivity index (χ1) is 13.4. The van der Waals surface area contributed by atoms with E-state index in [1.165, 1.54) is 0 Å². The molecular formula is C22H30N4O2. The number of anilines is 2. The maximum Gasteiger partial charge on any atom is 0.135 e. The van der Waals surface area contributed by atoms with Crippen LogP contribution >= 0.6 is 0 Å². The molecule has 0 aromatic heterocycles. The van der Waals surface area contributed by atoms with Crippen LogP contribution in [0.4, 0.5) is 11.4 Å². The first-order valence-corrected chi connectivity index (χ1v) is 9.56. The van der Waals surface area contributed by atoms with Crippen molar-refractivity contribution in [2.24, 2.45) is 0 Å². The lowest BCUT2D eigenvalue weighted by molar-refractivity contribution is 0.425. The number of aromatic hydroxyl groups is 2. The van der Waals surface area contributed by atoms with Crippen molar-refractivity contribution < 1.29 is 10.2 Å². The van der Waals surface area contributed by atoms with Gasteiger partial charge in [-0.15, -0.1) is 0 Å². The van der Waals surface area contributed by atoms with Gasteiger partial charge in [0.25, 0.3) is 0 Å². The fourth-order valence-corrected chi connectivity index (χ4v) is 3.40. The van der Waals surface area contributed by atoms with Gasteiger partial charge < -0.3 is 30.6 Å².